The highest BCUT2D eigenvalue weighted by Crippen LogP contribution is 2.32. The van der Waals surface area contributed by atoms with E-state index in [-0.39, 0.29) is 6.04 Å². The first kappa shape index (κ1) is 13.7. The van der Waals surface area contributed by atoms with Gasteiger partial charge in [-0.25, -0.2) is 0 Å². The first-order chi connectivity index (χ1) is 8.63. The molecule has 18 heavy (non-hydrogen) atoms. The molecule has 1 aromatic heterocycles. The molecular formula is C14H15BrClNO. The Morgan fingerprint density at radius 2 is 2.17 bits per heavy atom. The second-order valence-corrected chi connectivity index (χ2v) is 5.42. The van der Waals surface area contributed by atoms with E-state index in [0.717, 1.165) is 27.4 Å². The highest BCUT2D eigenvalue weighted by Gasteiger charge is 2.20. The molecule has 96 valence electrons. The van der Waals surface area contributed by atoms with Gasteiger partial charge in [-0.15, -0.1) is 0 Å². The average molecular weight is 329 g/mol. The molecule has 2 aromatic rings. The molecule has 0 aliphatic rings. The second kappa shape index (κ2) is 5.91. The Kier molecular flexibility index (Phi) is 4.49. The first-order valence-corrected chi connectivity index (χ1v) is 7.03. The number of hydrogen-bond acceptors (Lipinski definition) is 2. The van der Waals surface area contributed by atoms with Crippen molar-refractivity contribution in [3.05, 3.63) is 56.9 Å². The van der Waals surface area contributed by atoms with Gasteiger partial charge in [0, 0.05) is 5.02 Å². The molecule has 0 spiro atoms. The van der Waals surface area contributed by atoms with Crippen LogP contribution < -0.4 is 5.32 Å². The average Bonchev–Trinajstić information content (AvgIpc) is 2.73. The molecule has 0 radical (unpaired) electrons. The summed E-state index contributed by atoms with van der Waals surface area (Å²) in [6.45, 7) is 5.00. The third-order valence-corrected chi connectivity index (χ3v) is 3.75. The summed E-state index contributed by atoms with van der Waals surface area (Å²) in [5, 5.41) is 4.19. The number of rotatable bonds is 4. The molecule has 2 rings (SSSR count). The first-order valence-electron chi connectivity index (χ1n) is 5.85. The van der Waals surface area contributed by atoms with Gasteiger partial charge in [0.05, 0.1) is 16.8 Å². The van der Waals surface area contributed by atoms with Crippen LogP contribution in [0.2, 0.25) is 5.02 Å². The maximum absolute atomic E-state index is 6.00. The number of furan rings is 1. The van der Waals surface area contributed by atoms with Crippen LogP contribution in [0.4, 0.5) is 0 Å². The van der Waals surface area contributed by atoms with Gasteiger partial charge in [0.1, 0.15) is 5.76 Å². The van der Waals surface area contributed by atoms with E-state index in [1.807, 2.05) is 24.3 Å². The molecule has 1 atom stereocenters. The number of aryl methyl sites for hydroxylation is 1. The highest BCUT2D eigenvalue weighted by molar-refractivity contribution is 9.10. The summed E-state index contributed by atoms with van der Waals surface area (Å²) in [5.41, 5.74) is 2.33. The minimum absolute atomic E-state index is 0.0386. The van der Waals surface area contributed by atoms with Crippen molar-refractivity contribution in [2.75, 3.05) is 6.54 Å². The molecule has 0 aliphatic heterocycles. The van der Waals surface area contributed by atoms with E-state index < -0.39 is 0 Å². The summed E-state index contributed by atoms with van der Waals surface area (Å²) < 4.78 is 6.55. The molecule has 1 unspecified atom stereocenters. The van der Waals surface area contributed by atoms with Crippen molar-refractivity contribution in [2.24, 2.45) is 0 Å². The Balaban J connectivity index is 2.45. The van der Waals surface area contributed by atoms with Crippen LogP contribution >= 0.6 is 27.5 Å². The third-order valence-electron chi connectivity index (χ3n) is 2.86. The van der Waals surface area contributed by atoms with Gasteiger partial charge in [-0.3, -0.25) is 0 Å². The van der Waals surface area contributed by atoms with Crippen molar-refractivity contribution in [1.82, 2.24) is 5.32 Å². The topological polar surface area (TPSA) is 25.2 Å². The Labute approximate surface area is 120 Å². The minimum Gasteiger partial charge on any atom is -0.466 e. The summed E-state index contributed by atoms with van der Waals surface area (Å²) >= 11 is 9.52. The van der Waals surface area contributed by atoms with Gasteiger partial charge in [-0.1, -0.05) is 24.6 Å². The minimum atomic E-state index is 0.0386. The summed E-state index contributed by atoms with van der Waals surface area (Å²) in [7, 11) is 0. The molecule has 0 fully saturated rings. The van der Waals surface area contributed by atoms with Crippen molar-refractivity contribution in [1.29, 1.82) is 0 Å². The summed E-state index contributed by atoms with van der Waals surface area (Å²) in [6, 6.07) is 7.87. The van der Waals surface area contributed by atoms with E-state index in [1.54, 1.807) is 6.26 Å². The van der Waals surface area contributed by atoms with Crippen molar-refractivity contribution in [2.45, 2.75) is 19.9 Å². The van der Waals surface area contributed by atoms with E-state index in [1.165, 1.54) is 5.56 Å². The molecule has 1 aromatic carbocycles. The quantitative estimate of drug-likeness (QED) is 0.880. The third kappa shape index (κ3) is 2.79. The number of halogens is 2. The van der Waals surface area contributed by atoms with Crippen molar-refractivity contribution >= 4 is 27.5 Å². The van der Waals surface area contributed by atoms with Gasteiger partial charge in [0.25, 0.3) is 0 Å². The van der Waals surface area contributed by atoms with Crippen molar-refractivity contribution < 1.29 is 4.42 Å². The van der Waals surface area contributed by atoms with Gasteiger partial charge >= 0.3 is 0 Å². The Morgan fingerprint density at radius 3 is 2.72 bits per heavy atom. The van der Waals surface area contributed by atoms with Crippen LogP contribution in [0, 0.1) is 6.92 Å². The largest absolute Gasteiger partial charge is 0.466 e. The second-order valence-electron chi connectivity index (χ2n) is 4.12. The SMILES string of the molecule is CCNC(c1ccc(Cl)cc1C)c1occc1Br. The lowest BCUT2D eigenvalue weighted by molar-refractivity contribution is 0.449. The number of nitrogens with one attached hydrogen (secondary N) is 1. The Morgan fingerprint density at radius 1 is 1.39 bits per heavy atom. The van der Waals surface area contributed by atoms with Gasteiger partial charge in [-0.2, -0.15) is 0 Å². The maximum atomic E-state index is 6.00. The standard InChI is InChI=1S/C14H15BrClNO/c1-3-17-13(14-12(15)6-7-18-14)11-5-4-10(16)8-9(11)2/h4-8,13,17H,3H2,1-2H3. The van der Waals surface area contributed by atoms with E-state index in [4.69, 9.17) is 16.0 Å². The van der Waals surface area contributed by atoms with Gasteiger partial charge in [-0.05, 0) is 58.7 Å². The van der Waals surface area contributed by atoms with Crippen LogP contribution in [0.1, 0.15) is 29.9 Å². The van der Waals surface area contributed by atoms with Crippen LogP contribution in [0.5, 0.6) is 0 Å². The fraction of sp³-hybridized carbons (Fsp3) is 0.286. The van der Waals surface area contributed by atoms with Gasteiger partial charge in [0.15, 0.2) is 0 Å². The highest BCUT2D eigenvalue weighted by atomic mass is 79.9. The molecular weight excluding hydrogens is 314 g/mol. The fourth-order valence-electron chi connectivity index (χ4n) is 2.02. The van der Waals surface area contributed by atoms with Crippen LogP contribution in [0.15, 0.2) is 39.4 Å². The van der Waals surface area contributed by atoms with Crippen LogP contribution in [-0.2, 0) is 0 Å². The molecule has 0 amide bonds. The smallest absolute Gasteiger partial charge is 0.139 e. The number of benzene rings is 1. The Hall–Kier alpha value is -0.770. The zero-order valence-electron chi connectivity index (χ0n) is 10.3. The van der Waals surface area contributed by atoms with Gasteiger partial charge in [0.2, 0.25) is 0 Å². The van der Waals surface area contributed by atoms with Crippen LogP contribution in [0.3, 0.4) is 0 Å². The van der Waals surface area contributed by atoms with E-state index in [0.29, 0.717) is 0 Å². The number of hydrogen-bond donors (Lipinski definition) is 1. The molecule has 1 N–H and O–H groups in total. The normalized spacial score (nSPS) is 12.7. The molecule has 1 heterocycles. The summed E-state index contributed by atoms with van der Waals surface area (Å²) in [5.74, 6) is 0.891. The van der Waals surface area contributed by atoms with Crippen LogP contribution in [-0.4, -0.2) is 6.54 Å². The van der Waals surface area contributed by atoms with E-state index in [9.17, 15) is 0 Å². The zero-order chi connectivity index (χ0) is 13.1. The van der Waals surface area contributed by atoms with Crippen molar-refractivity contribution in [3.8, 4) is 0 Å². The van der Waals surface area contributed by atoms with E-state index >= 15 is 0 Å². The molecule has 0 saturated heterocycles. The van der Waals surface area contributed by atoms with Crippen LogP contribution in [0.25, 0.3) is 0 Å². The predicted octanol–water partition coefficient (Wildman–Crippen LogP) is 4.70. The van der Waals surface area contributed by atoms with E-state index in [2.05, 4.69) is 35.1 Å². The van der Waals surface area contributed by atoms with Crippen molar-refractivity contribution in [3.63, 3.8) is 0 Å². The molecule has 0 aliphatic carbocycles. The predicted molar refractivity (Wildman–Crippen MR) is 78.1 cm³/mol. The molecule has 2 nitrogen and oxygen atoms in total. The maximum Gasteiger partial charge on any atom is 0.139 e. The lowest BCUT2D eigenvalue weighted by Gasteiger charge is -2.19. The lowest BCUT2D eigenvalue weighted by Crippen LogP contribution is -2.22. The van der Waals surface area contributed by atoms with Gasteiger partial charge < -0.3 is 9.73 Å². The Bertz CT molecular complexity index is 538. The lowest BCUT2D eigenvalue weighted by atomic mass is 9.99. The molecule has 0 saturated carbocycles. The molecule has 4 heteroatoms. The fourth-order valence-corrected chi connectivity index (χ4v) is 2.68. The summed E-state index contributed by atoms with van der Waals surface area (Å²) in [6.07, 6.45) is 1.69. The monoisotopic (exact) mass is 327 g/mol. The summed E-state index contributed by atoms with van der Waals surface area (Å²) in [4.78, 5) is 0. The molecule has 0 bridgehead atoms. The zero-order valence-corrected chi connectivity index (χ0v) is 12.7.